The lowest BCUT2D eigenvalue weighted by molar-refractivity contribution is -0.113. The predicted octanol–water partition coefficient (Wildman–Crippen LogP) is 2.46. The van der Waals surface area contributed by atoms with E-state index in [1.165, 1.54) is 23.1 Å². The van der Waals surface area contributed by atoms with E-state index in [-0.39, 0.29) is 17.7 Å². The summed E-state index contributed by atoms with van der Waals surface area (Å²) in [5, 5.41) is 11.8. The number of hydrogen-bond donors (Lipinski definition) is 2. The third-order valence-corrected chi connectivity index (χ3v) is 6.49. The molecule has 1 atom stereocenters. The smallest absolute Gasteiger partial charge is 0.277 e. The fraction of sp³-hybridized carbons (Fsp3) is 0.529. The molecule has 10 heteroatoms. The maximum absolute atomic E-state index is 12.3. The number of carbonyl (C=O) groups excluding carboxylic acids is 2. The number of thioether (sulfide) groups is 1. The zero-order chi connectivity index (χ0) is 19.6. The van der Waals surface area contributed by atoms with Crippen molar-refractivity contribution in [1.29, 1.82) is 0 Å². The molecule has 0 saturated carbocycles. The molecular formula is C17H23N5O3S2. The topological polar surface area (TPSA) is 114 Å². The summed E-state index contributed by atoms with van der Waals surface area (Å²) in [5.41, 5.74) is 6.97. The van der Waals surface area contributed by atoms with E-state index in [2.05, 4.69) is 15.5 Å². The fourth-order valence-corrected chi connectivity index (χ4v) is 5.10. The minimum absolute atomic E-state index is 0.0484. The summed E-state index contributed by atoms with van der Waals surface area (Å²) >= 11 is 2.61. The number of amides is 2. The van der Waals surface area contributed by atoms with Gasteiger partial charge in [-0.3, -0.25) is 14.5 Å². The lowest BCUT2D eigenvalue weighted by atomic mass is 10.1. The van der Waals surface area contributed by atoms with Crippen molar-refractivity contribution in [3.63, 3.8) is 0 Å². The first-order valence-corrected chi connectivity index (χ1v) is 10.6. The Morgan fingerprint density at radius 2 is 2.15 bits per heavy atom. The number of rotatable bonds is 8. The first-order valence-electron chi connectivity index (χ1n) is 8.77. The second-order valence-corrected chi connectivity index (χ2v) is 8.59. The molecule has 2 aromatic heterocycles. The van der Waals surface area contributed by atoms with Crippen molar-refractivity contribution in [3.05, 3.63) is 21.9 Å². The van der Waals surface area contributed by atoms with Crippen LogP contribution in [0.2, 0.25) is 0 Å². The standard InChI is InChI=1S/C17H23N5O3S2/c1-4-10(22(2)3)15-20-21-17(25-15)26-8-12(23)19-16-13(14(18)24)9-6-5-7-11(9)27-16/h10H,4-8H2,1-3H3,(H2,18,24)(H,19,23). The van der Waals surface area contributed by atoms with E-state index in [0.29, 0.717) is 21.7 Å². The molecule has 1 aliphatic rings. The quantitative estimate of drug-likeness (QED) is 0.644. The van der Waals surface area contributed by atoms with Gasteiger partial charge in [0.1, 0.15) is 5.00 Å². The molecule has 1 unspecified atom stereocenters. The third-order valence-electron chi connectivity index (χ3n) is 4.46. The van der Waals surface area contributed by atoms with Crippen LogP contribution in [0.15, 0.2) is 9.64 Å². The Bertz CT molecular complexity index is 846. The molecule has 0 spiro atoms. The van der Waals surface area contributed by atoms with Gasteiger partial charge < -0.3 is 15.5 Å². The van der Waals surface area contributed by atoms with E-state index in [1.807, 2.05) is 25.9 Å². The molecule has 8 nitrogen and oxygen atoms in total. The number of fused-ring (bicyclic) bond motifs is 1. The van der Waals surface area contributed by atoms with Gasteiger partial charge in [0.15, 0.2) is 0 Å². The Balaban J connectivity index is 1.61. The van der Waals surface area contributed by atoms with Crippen molar-refractivity contribution in [2.75, 3.05) is 25.2 Å². The molecule has 0 bridgehead atoms. The number of aryl methyl sites for hydroxylation is 1. The maximum atomic E-state index is 12.3. The Hall–Kier alpha value is -1.91. The van der Waals surface area contributed by atoms with E-state index in [9.17, 15) is 9.59 Å². The van der Waals surface area contributed by atoms with Crippen LogP contribution in [0.4, 0.5) is 5.00 Å². The van der Waals surface area contributed by atoms with Crippen molar-refractivity contribution in [1.82, 2.24) is 15.1 Å². The molecular weight excluding hydrogens is 386 g/mol. The number of anilines is 1. The highest BCUT2D eigenvalue weighted by atomic mass is 32.2. The molecule has 146 valence electrons. The summed E-state index contributed by atoms with van der Waals surface area (Å²) in [5.74, 6) is -0.0765. The molecule has 0 saturated heterocycles. The first kappa shape index (κ1) is 19.8. The van der Waals surface area contributed by atoms with E-state index in [4.69, 9.17) is 10.2 Å². The zero-order valence-corrected chi connectivity index (χ0v) is 17.2. The van der Waals surface area contributed by atoms with Gasteiger partial charge in [0.2, 0.25) is 11.8 Å². The van der Waals surface area contributed by atoms with Crippen molar-refractivity contribution in [2.24, 2.45) is 5.73 Å². The van der Waals surface area contributed by atoms with E-state index < -0.39 is 5.91 Å². The molecule has 2 heterocycles. The van der Waals surface area contributed by atoms with Crippen LogP contribution in [0.5, 0.6) is 0 Å². The Morgan fingerprint density at radius 1 is 1.37 bits per heavy atom. The van der Waals surface area contributed by atoms with Gasteiger partial charge in [0.25, 0.3) is 11.1 Å². The Morgan fingerprint density at radius 3 is 2.81 bits per heavy atom. The van der Waals surface area contributed by atoms with Gasteiger partial charge in [-0.1, -0.05) is 18.7 Å². The van der Waals surface area contributed by atoms with Crippen LogP contribution in [0, 0.1) is 0 Å². The summed E-state index contributed by atoms with van der Waals surface area (Å²) in [6.45, 7) is 2.05. The van der Waals surface area contributed by atoms with Gasteiger partial charge in [-0.2, -0.15) is 0 Å². The average Bonchev–Trinajstić information content (AvgIpc) is 3.28. The summed E-state index contributed by atoms with van der Waals surface area (Å²) in [6.07, 6.45) is 3.64. The minimum atomic E-state index is -0.492. The molecule has 1 aliphatic carbocycles. The van der Waals surface area contributed by atoms with Crippen LogP contribution in [0.3, 0.4) is 0 Å². The highest BCUT2D eigenvalue weighted by molar-refractivity contribution is 7.99. The second kappa shape index (κ2) is 8.41. The van der Waals surface area contributed by atoms with E-state index >= 15 is 0 Å². The lowest BCUT2D eigenvalue weighted by Crippen LogP contribution is -2.19. The summed E-state index contributed by atoms with van der Waals surface area (Å²) < 4.78 is 5.66. The monoisotopic (exact) mass is 409 g/mol. The van der Waals surface area contributed by atoms with Gasteiger partial charge >= 0.3 is 0 Å². The third kappa shape index (κ3) is 4.33. The molecule has 0 aliphatic heterocycles. The molecule has 0 fully saturated rings. The van der Waals surface area contributed by atoms with Crippen LogP contribution >= 0.6 is 23.1 Å². The number of nitrogens with zero attached hydrogens (tertiary/aromatic N) is 3. The maximum Gasteiger partial charge on any atom is 0.277 e. The van der Waals surface area contributed by atoms with Gasteiger partial charge in [-0.05, 0) is 45.3 Å². The van der Waals surface area contributed by atoms with E-state index in [0.717, 1.165) is 36.1 Å². The number of primary amides is 1. The van der Waals surface area contributed by atoms with Gasteiger partial charge in [-0.15, -0.1) is 21.5 Å². The first-order chi connectivity index (χ1) is 12.9. The molecule has 3 rings (SSSR count). The number of hydrogen-bond acceptors (Lipinski definition) is 8. The number of nitrogens with one attached hydrogen (secondary N) is 1. The number of aromatic nitrogens is 2. The fourth-order valence-electron chi connectivity index (χ4n) is 3.22. The van der Waals surface area contributed by atoms with Crippen LogP contribution in [-0.2, 0) is 17.6 Å². The van der Waals surface area contributed by atoms with Crippen LogP contribution in [0.1, 0.15) is 52.5 Å². The Kier molecular flexibility index (Phi) is 6.18. The predicted molar refractivity (Wildman–Crippen MR) is 105 cm³/mol. The molecule has 2 amide bonds. The number of thiophene rings is 1. The van der Waals surface area contributed by atoms with Crippen molar-refractivity contribution >= 4 is 39.9 Å². The van der Waals surface area contributed by atoms with Crippen LogP contribution in [0.25, 0.3) is 0 Å². The van der Waals surface area contributed by atoms with Crippen LogP contribution in [-0.4, -0.2) is 46.8 Å². The van der Waals surface area contributed by atoms with Crippen LogP contribution < -0.4 is 11.1 Å². The van der Waals surface area contributed by atoms with Crippen molar-refractivity contribution < 1.29 is 14.0 Å². The molecule has 3 N–H and O–H groups in total. The molecule has 0 aromatic carbocycles. The average molecular weight is 410 g/mol. The van der Waals surface area contributed by atoms with Crippen molar-refractivity contribution in [3.8, 4) is 0 Å². The number of carbonyl (C=O) groups is 2. The highest BCUT2D eigenvalue weighted by Gasteiger charge is 2.26. The molecule has 0 radical (unpaired) electrons. The summed E-state index contributed by atoms with van der Waals surface area (Å²) in [7, 11) is 3.90. The Labute approximate surface area is 165 Å². The largest absolute Gasteiger partial charge is 0.414 e. The van der Waals surface area contributed by atoms with Gasteiger partial charge in [0, 0.05) is 4.88 Å². The van der Waals surface area contributed by atoms with Gasteiger partial charge in [0.05, 0.1) is 17.4 Å². The summed E-state index contributed by atoms with van der Waals surface area (Å²) in [4.78, 5) is 27.3. The minimum Gasteiger partial charge on any atom is -0.414 e. The number of nitrogens with two attached hydrogens (primary N) is 1. The normalized spacial score (nSPS) is 14.4. The second-order valence-electron chi connectivity index (χ2n) is 6.56. The van der Waals surface area contributed by atoms with E-state index in [1.54, 1.807) is 0 Å². The summed E-state index contributed by atoms with van der Waals surface area (Å²) in [6, 6.07) is 0.0484. The molecule has 27 heavy (non-hydrogen) atoms. The molecule has 2 aromatic rings. The highest BCUT2D eigenvalue weighted by Crippen LogP contribution is 2.39. The van der Waals surface area contributed by atoms with Crippen molar-refractivity contribution in [2.45, 2.75) is 43.9 Å². The SMILES string of the molecule is CCC(c1nnc(SCC(=O)Nc2sc3c(c2C(N)=O)CCC3)o1)N(C)C. The van der Waals surface area contributed by atoms with Gasteiger partial charge in [-0.25, -0.2) is 0 Å². The zero-order valence-electron chi connectivity index (χ0n) is 15.6. The lowest BCUT2D eigenvalue weighted by Gasteiger charge is -2.18.